The van der Waals surface area contributed by atoms with E-state index in [-0.39, 0.29) is 6.04 Å². The van der Waals surface area contributed by atoms with Crippen LogP contribution in [0.3, 0.4) is 0 Å². The predicted molar refractivity (Wildman–Crippen MR) is 114 cm³/mol. The van der Waals surface area contributed by atoms with Gasteiger partial charge in [-0.05, 0) is 62.4 Å². The predicted octanol–water partition coefficient (Wildman–Crippen LogP) is 4.18. The Balaban J connectivity index is 1.46. The van der Waals surface area contributed by atoms with E-state index in [1.165, 1.54) is 37.8 Å². The number of piperidine rings is 1. The van der Waals surface area contributed by atoms with Gasteiger partial charge in [0.25, 0.3) is 0 Å². The van der Waals surface area contributed by atoms with E-state index < -0.39 is 0 Å². The highest BCUT2D eigenvalue weighted by Gasteiger charge is 2.34. The third kappa shape index (κ3) is 4.14. The van der Waals surface area contributed by atoms with Gasteiger partial charge in [-0.1, -0.05) is 54.2 Å². The van der Waals surface area contributed by atoms with Crippen molar-refractivity contribution < 1.29 is 0 Å². The zero-order chi connectivity index (χ0) is 18.6. The van der Waals surface area contributed by atoms with Crippen molar-refractivity contribution in [1.29, 1.82) is 0 Å². The van der Waals surface area contributed by atoms with Crippen LogP contribution in [-0.2, 0) is 0 Å². The molecule has 3 aliphatic carbocycles. The average molecular weight is 364 g/mol. The van der Waals surface area contributed by atoms with Gasteiger partial charge in [0, 0.05) is 19.1 Å². The number of likely N-dealkylation sites (tertiary alicyclic amines) is 1. The topological polar surface area (TPSA) is 55.3 Å². The minimum atomic E-state index is 0.0770. The summed E-state index contributed by atoms with van der Waals surface area (Å²) in [5, 5.41) is 0. The molecule has 4 rings (SSSR count). The number of nitrogens with zero attached hydrogens (tertiary/aromatic N) is 1. The summed E-state index contributed by atoms with van der Waals surface area (Å²) in [4.78, 5) is 2.48. The lowest BCUT2D eigenvalue weighted by atomic mass is 9.69. The maximum Gasteiger partial charge on any atom is 0.0557 e. The van der Waals surface area contributed by atoms with Crippen LogP contribution in [0, 0.1) is 17.8 Å². The van der Waals surface area contributed by atoms with E-state index in [1.54, 1.807) is 5.57 Å². The van der Waals surface area contributed by atoms with Crippen molar-refractivity contribution in [3.05, 3.63) is 71.7 Å². The van der Waals surface area contributed by atoms with Gasteiger partial charge in [-0.2, -0.15) is 0 Å². The standard InChI is InChI=1S/C24H33N3/c25-21-11-12-23(22(26)17-21)27-15-13-20(14-16-27)24(18-7-3-1-4-8-18)19-9-5-2-6-10-19/h1-5,7,9,12,17-18,20-21,24H,6,8,10-11,13-16,25-26H2. The number of hydrogen-bond donors (Lipinski definition) is 2. The monoisotopic (exact) mass is 363 g/mol. The molecule has 1 saturated heterocycles. The van der Waals surface area contributed by atoms with Crippen LogP contribution in [0.2, 0.25) is 0 Å². The summed E-state index contributed by atoms with van der Waals surface area (Å²) in [6, 6.07) is 0.0770. The lowest BCUT2D eigenvalue weighted by Crippen LogP contribution is -2.40. The van der Waals surface area contributed by atoms with Crippen LogP contribution >= 0.6 is 0 Å². The quantitative estimate of drug-likeness (QED) is 0.788. The first-order valence-electron chi connectivity index (χ1n) is 10.6. The summed E-state index contributed by atoms with van der Waals surface area (Å²) in [5.41, 5.74) is 16.0. The molecule has 144 valence electrons. The Morgan fingerprint density at radius 2 is 1.89 bits per heavy atom. The van der Waals surface area contributed by atoms with E-state index in [0.717, 1.165) is 31.1 Å². The molecular formula is C24H33N3. The van der Waals surface area contributed by atoms with Gasteiger partial charge >= 0.3 is 0 Å². The highest BCUT2D eigenvalue weighted by Crippen LogP contribution is 2.41. The second-order valence-electron chi connectivity index (χ2n) is 8.38. The van der Waals surface area contributed by atoms with Crippen LogP contribution in [0.25, 0.3) is 0 Å². The van der Waals surface area contributed by atoms with Crippen LogP contribution in [-0.4, -0.2) is 24.0 Å². The fraction of sp³-hybridized carbons (Fsp3) is 0.500. The van der Waals surface area contributed by atoms with Crippen LogP contribution in [0.5, 0.6) is 0 Å². The molecule has 27 heavy (non-hydrogen) atoms. The van der Waals surface area contributed by atoms with Crippen LogP contribution in [0.1, 0.15) is 38.5 Å². The largest absolute Gasteiger partial charge is 0.397 e. The summed E-state index contributed by atoms with van der Waals surface area (Å²) in [6.45, 7) is 2.21. The van der Waals surface area contributed by atoms with Crippen molar-refractivity contribution in [2.24, 2.45) is 29.2 Å². The van der Waals surface area contributed by atoms with Crippen LogP contribution < -0.4 is 11.5 Å². The molecule has 1 fully saturated rings. The van der Waals surface area contributed by atoms with E-state index in [0.29, 0.717) is 11.8 Å². The molecule has 4 N–H and O–H groups in total. The van der Waals surface area contributed by atoms with Crippen molar-refractivity contribution in [2.45, 2.75) is 44.6 Å². The Morgan fingerprint density at radius 3 is 2.56 bits per heavy atom. The fourth-order valence-corrected chi connectivity index (χ4v) is 5.25. The number of hydrogen-bond acceptors (Lipinski definition) is 3. The Morgan fingerprint density at radius 1 is 1.04 bits per heavy atom. The molecule has 0 amide bonds. The molecule has 1 heterocycles. The Bertz CT molecular complexity index is 714. The molecule has 0 spiro atoms. The summed E-state index contributed by atoms with van der Waals surface area (Å²) < 4.78 is 0. The van der Waals surface area contributed by atoms with E-state index in [9.17, 15) is 0 Å². The van der Waals surface area contributed by atoms with Gasteiger partial charge in [0.2, 0.25) is 0 Å². The van der Waals surface area contributed by atoms with Gasteiger partial charge in [-0.25, -0.2) is 0 Å². The highest BCUT2D eigenvalue weighted by molar-refractivity contribution is 5.33. The normalized spacial score (nSPS) is 30.0. The molecule has 0 radical (unpaired) electrons. The second-order valence-corrected chi connectivity index (χ2v) is 8.38. The smallest absolute Gasteiger partial charge is 0.0557 e. The van der Waals surface area contributed by atoms with Crippen molar-refractivity contribution in [2.75, 3.05) is 13.1 Å². The maximum absolute atomic E-state index is 6.27. The van der Waals surface area contributed by atoms with Gasteiger partial charge in [-0.3, -0.25) is 0 Å². The van der Waals surface area contributed by atoms with E-state index in [4.69, 9.17) is 11.5 Å². The summed E-state index contributed by atoms with van der Waals surface area (Å²) in [7, 11) is 0. The van der Waals surface area contributed by atoms with Crippen LogP contribution in [0.15, 0.2) is 71.7 Å². The van der Waals surface area contributed by atoms with Gasteiger partial charge in [0.15, 0.2) is 0 Å². The molecule has 0 aromatic rings. The second kappa shape index (κ2) is 8.35. The van der Waals surface area contributed by atoms with Crippen molar-refractivity contribution in [1.82, 2.24) is 4.90 Å². The first-order valence-corrected chi connectivity index (χ1v) is 10.6. The SMILES string of the molecule is NC1=CC(N)CC=C1N1CCC(C(C2=CC=CCC2)C2C=CC=CC2)CC1. The van der Waals surface area contributed by atoms with Crippen molar-refractivity contribution >= 4 is 0 Å². The van der Waals surface area contributed by atoms with Gasteiger partial charge in [-0.15, -0.1) is 0 Å². The Hall–Kier alpha value is -2.00. The zero-order valence-corrected chi connectivity index (χ0v) is 16.3. The van der Waals surface area contributed by atoms with E-state index >= 15 is 0 Å². The first kappa shape index (κ1) is 18.4. The third-order valence-electron chi connectivity index (χ3n) is 6.61. The summed E-state index contributed by atoms with van der Waals surface area (Å²) >= 11 is 0. The minimum Gasteiger partial charge on any atom is -0.397 e. The highest BCUT2D eigenvalue weighted by atomic mass is 15.2. The summed E-state index contributed by atoms with van der Waals surface area (Å²) in [5.74, 6) is 2.10. The van der Waals surface area contributed by atoms with E-state index in [2.05, 4.69) is 53.5 Å². The molecule has 1 aliphatic heterocycles. The third-order valence-corrected chi connectivity index (χ3v) is 6.61. The van der Waals surface area contributed by atoms with Crippen LogP contribution in [0.4, 0.5) is 0 Å². The molecule has 3 heteroatoms. The number of nitrogens with two attached hydrogens (primary N) is 2. The number of rotatable bonds is 4. The Labute approximate surface area is 163 Å². The van der Waals surface area contributed by atoms with Gasteiger partial charge < -0.3 is 16.4 Å². The van der Waals surface area contributed by atoms with E-state index in [1.807, 2.05) is 6.08 Å². The zero-order valence-electron chi connectivity index (χ0n) is 16.3. The van der Waals surface area contributed by atoms with Gasteiger partial charge in [0.1, 0.15) is 0 Å². The molecule has 0 saturated carbocycles. The molecule has 4 aliphatic rings. The van der Waals surface area contributed by atoms with Crippen molar-refractivity contribution in [3.63, 3.8) is 0 Å². The molecule has 0 bridgehead atoms. The molecule has 0 aromatic carbocycles. The van der Waals surface area contributed by atoms with Gasteiger partial charge in [0.05, 0.1) is 11.4 Å². The summed E-state index contributed by atoms with van der Waals surface area (Å²) in [6.07, 6.45) is 27.5. The minimum absolute atomic E-state index is 0.0770. The molecule has 0 aromatic heterocycles. The molecule has 3 unspecified atom stereocenters. The fourth-order valence-electron chi connectivity index (χ4n) is 5.25. The molecule has 3 atom stereocenters. The first-order chi connectivity index (χ1) is 13.2. The van der Waals surface area contributed by atoms with Crippen molar-refractivity contribution in [3.8, 4) is 0 Å². The average Bonchev–Trinajstić information content (AvgIpc) is 2.71. The molecular weight excluding hydrogens is 330 g/mol. The molecule has 3 nitrogen and oxygen atoms in total. The number of allylic oxidation sites excluding steroid dienone is 8. The lowest BCUT2D eigenvalue weighted by Gasteiger charge is -2.42. The maximum atomic E-state index is 6.27. The Kier molecular flexibility index (Phi) is 5.68. The lowest BCUT2D eigenvalue weighted by molar-refractivity contribution is 0.168.